The molecule has 0 aromatic carbocycles. The van der Waals surface area contributed by atoms with Crippen LogP contribution in [0.15, 0.2) is 72.9 Å². The van der Waals surface area contributed by atoms with E-state index in [1.165, 1.54) is 109 Å². The van der Waals surface area contributed by atoms with Gasteiger partial charge >= 0.3 is 11.9 Å². The maximum absolute atomic E-state index is 12.7. The second kappa shape index (κ2) is 45.3. The molecule has 8 nitrogen and oxygen atoms in total. The number of hydrogen-bond donors (Lipinski definition) is 0. The Morgan fingerprint density at radius 3 is 1.29 bits per heavy atom. The second-order valence-corrected chi connectivity index (χ2v) is 18.0. The number of ether oxygens (including phenoxy) is 3. The van der Waals surface area contributed by atoms with E-state index in [2.05, 4.69) is 74.6 Å². The monoisotopic (exact) mass is 882 g/mol. The van der Waals surface area contributed by atoms with Crippen LogP contribution in [-0.4, -0.2) is 75.5 Å². The van der Waals surface area contributed by atoms with Crippen molar-refractivity contribution >= 4 is 17.9 Å². The normalized spacial score (nSPS) is 13.5. The van der Waals surface area contributed by atoms with Gasteiger partial charge in [0.05, 0.1) is 40.3 Å². The maximum Gasteiger partial charge on any atom is 0.306 e. The van der Waals surface area contributed by atoms with Gasteiger partial charge in [-0.25, -0.2) is 0 Å². The number of carboxylic acid groups (broad SMARTS) is 1. The number of carbonyl (C=O) groups excluding carboxylic acids is 3. The minimum atomic E-state index is -1.14. The van der Waals surface area contributed by atoms with E-state index in [0.29, 0.717) is 12.8 Å². The van der Waals surface area contributed by atoms with Crippen molar-refractivity contribution in [1.29, 1.82) is 0 Å². The smallest absolute Gasteiger partial charge is 0.306 e. The van der Waals surface area contributed by atoms with Crippen LogP contribution in [0.2, 0.25) is 0 Å². The summed E-state index contributed by atoms with van der Waals surface area (Å²) in [5.74, 6) is -1.84. The van der Waals surface area contributed by atoms with Crippen molar-refractivity contribution in [2.24, 2.45) is 0 Å². The van der Waals surface area contributed by atoms with Gasteiger partial charge in [-0.15, -0.1) is 0 Å². The van der Waals surface area contributed by atoms with E-state index >= 15 is 0 Å². The fourth-order valence-electron chi connectivity index (χ4n) is 7.22. The Bertz CT molecular complexity index is 1260. The van der Waals surface area contributed by atoms with Crippen molar-refractivity contribution in [3.63, 3.8) is 0 Å². The van der Waals surface area contributed by atoms with Crippen molar-refractivity contribution in [1.82, 2.24) is 0 Å². The van der Waals surface area contributed by atoms with Crippen LogP contribution >= 0.6 is 0 Å². The van der Waals surface area contributed by atoms with E-state index in [-0.39, 0.29) is 43.1 Å². The van der Waals surface area contributed by atoms with Crippen molar-refractivity contribution in [3.05, 3.63) is 72.9 Å². The van der Waals surface area contributed by atoms with Crippen LogP contribution in [0.3, 0.4) is 0 Å². The number of nitrogens with zero attached hydrogens (tertiary/aromatic N) is 1. The third-order valence-corrected chi connectivity index (χ3v) is 11.1. The first-order chi connectivity index (χ1) is 30.6. The lowest BCUT2D eigenvalue weighted by molar-refractivity contribution is -0.889. The summed E-state index contributed by atoms with van der Waals surface area (Å²) in [5, 5.41) is 11.7. The van der Waals surface area contributed by atoms with Crippen LogP contribution in [0.5, 0.6) is 0 Å². The van der Waals surface area contributed by atoms with Crippen molar-refractivity contribution in [2.75, 3.05) is 41.0 Å². The van der Waals surface area contributed by atoms with Crippen molar-refractivity contribution < 1.29 is 38.2 Å². The van der Waals surface area contributed by atoms with Crippen LogP contribution in [-0.2, 0) is 28.6 Å². The summed E-state index contributed by atoms with van der Waals surface area (Å²) in [6, 6.07) is -0.741. The zero-order chi connectivity index (χ0) is 46.3. The Hall–Kier alpha value is -3.23. The largest absolute Gasteiger partial charge is 0.544 e. The van der Waals surface area contributed by atoms with Crippen LogP contribution in [0.1, 0.15) is 206 Å². The van der Waals surface area contributed by atoms with Gasteiger partial charge in [-0.2, -0.15) is 0 Å². The van der Waals surface area contributed by atoms with Gasteiger partial charge in [0.1, 0.15) is 12.6 Å². The summed E-state index contributed by atoms with van der Waals surface area (Å²) in [4.78, 5) is 37.0. The quantitative estimate of drug-likeness (QED) is 0.0260. The summed E-state index contributed by atoms with van der Waals surface area (Å²) in [6.45, 7) is 4.49. The molecule has 0 bridgehead atoms. The number of unbranched alkanes of at least 4 members (excludes halogenated alkanes) is 19. The minimum Gasteiger partial charge on any atom is -0.544 e. The molecule has 8 heteroatoms. The number of esters is 2. The van der Waals surface area contributed by atoms with Crippen LogP contribution < -0.4 is 5.11 Å². The molecule has 0 saturated carbocycles. The SMILES string of the molecule is CC/C=C/C/C=C/C/C=C/C/C=C/C/C=C/C/C=C/CCC(=O)OC(COCCC(C(=O)[O-])[N+](C)(C)C)COC(=O)CCCCCCCCCCCCCCCCCCCCCC. The zero-order valence-corrected chi connectivity index (χ0v) is 41.2. The van der Waals surface area contributed by atoms with Gasteiger partial charge in [0.2, 0.25) is 0 Å². The van der Waals surface area contributed by atoms with Gasteiger partial charge in [0.15, 0.2) is 6.10 Å². The molecule has 0 aliphatic heterocycles. The number of carbonyl (C=O) groups is 3. The summed E-state index contributed by atoms with van der Waals surface area (Å²) in [5.41, 5.74) is 0. The van der Waals surface area contributed by atoms with E-state index in [0.717, 1.165) is 57.8 Å². The molecule has 0 amide bonds. The first-order valence-electron chi connectivity index (χ1n) is 25.5. The van der Waals surface area contributed by atoms with E-state index in [4.69, 9.17) is 14.2 Å². The lowest BCUT2D eigenvalue weighted by Crippen LogP contribution is -2.55. The number of aliphatic carboxylic acids is 1. The molecule has 0 aliphatic rings. The second-order valence-electron chi connectivity index (χ2n) is 18.0. The molecule has 0 spiro atoms. The number of rotatable bonds is 45. The molecule has 0 N–H and O–H groups in total. The summed E-state index contributed by atoms with van der Waals surface area (Å²) >= 11 is 0. The molecule has 0 aromatic heterocycles. The number of quaternary nitrogens is 1. The first-order valence-corrected chi connectivity index (χ1v) is 25.5. The molecule has 0 saturated heterocycles. The summed E-state index contributed by atoms with van der Waals surface area (Å²) in [6.07, 6.45) is 58.1. The first kappa shape index (κ1) is 59.8. The number of allylic oxidation sites excluding steroid dienone is 12. The van der Waals surface area contributed by atoms with Crippen LogP contribution in [0.25, 0.3) is 0 Å². The van der Waals surface area contributed by atoms with Gasteiger partial charge in [-0.05, 0) is 51.4 Å². The standard InChI is InChI=1S/C55H95NO7/c1-6-8-10-12-14-16-18-20-22-24-26-28-29-31-33-35-37-39-41-43-45-53(57)62-50-51(49-61-48-47-52(55(59)60)56(3,4)5)63-54(58)46-44-42-40-38-36-34-32-30-27-25-23-21-19-17-15-13-11-9-7-2/h9,11,15,17,21,23,27,30,34,36,40,42,51-52H,6-8,10,12-14,16,18-20,22,24-26,28-29,31-33,35,37-39,41,43-50H2,1-5H3/b11-9+,17-15+,23-21+,30-27+,36-34+,42-40+. The topological polar surface area (TPSA) is 102 Å². The van der Waals surface area contributed by atoms with Gasteiger partial charge in [0, 0.05) is 19.3 Å². The molecule has 362 valence electrons. The number of hydrogen-bond acceptors (Lipinski definition) is 7. The molecule has 0 aliphatic carbocycles. The third-order valence-electron chi connectivity index (χ3n) is 11.1. The average Bonchev–Trinajstić information content (AvgIpc) is 3.24. The van der Waals surface area contributed by atoms with E-state index < -0.39 is 24.1 Å². The fourth-order valence-corrected chi connectivity index (χ4v) is 7.22. The van der Waals surface area contributed by atoms with Gasteiger partial charge in [-0.3, -0.25) is 9.59 Å². The van der Waals surface area contributed by atoms with E-state index in [1.54, 1.807) is 21.1 Å². The Balaban J connectivity index is 4.35. The molecule has 2 atom stereocenters. The Labute approximate surface area is 387 Å². The van der Waals surface area contributed by atoms with Gasteiger partial charge in [-0.1, -0.05) is 209 Å². The lowest BCUT2D eigenvalue weighted by atomic mass is 10.0. The summed E-state index contributed by atoms with van der Waals surface area (Å²) < 4.78 is 17.1. The Kier molecular flexibility index (Phi) is 43.0. The number of likely N-dealkylation sites (N-methyl/N-ethyl adjacent to an activating group) is 1. The van der Waals surface area contributed by atoms with Crippen LogP contribution in [0.4, 0.5) is 0 Å². The van der Waals surface area contributed by atoms with Crippen LogP contribution in [0, 0.1) is 0 Å². The highest BCUT2D eigenvalue weighted by atomic mass is 16.6. The Morgan fingerprint density at radius 2 is 0.889 bits per heavy atom. The highest BCUT2D eigenvalue weighted by Gasteiger charge is 2.25. The predicted octanol–water partition coefficient (Wildman–Crippen LogP) is 13.4. The molecule has 0 radical (unpaired) electrons. The summed E-state index contributed by atoms with van der Waals surface area (Å²) in [7, 11) is 5.39. The fraction of sp³-hybridized carbons (Fsp3) is 0.727. The maximum atomic E-state index is 12.7. The van der Waals surface area contributed by atoms with Gasteiger partial charge in [0.25, 0.3) is 0 Å². The average molecular weight is 882 g/mol. The minimum absolute atomic E-state index is 0.00908. The van der Waals surface area contributed by atoms with Crippen molar-refractivity contribution in [2.45, 2.75) is 219 Å². The molecular weight excluding hydrogens is 787 g/mol. The molecule has 0 fully saturated rings. The van der Waals surface area contributed by atoms with Crippen molar-refractivity contribution in [3.8, 4) is 0 Å². The highest BCUT2D eigenvalue weighted by molar-refractivity contribution is 5.70. The van der Waals surface area contributed by atoms with E-state index in [1.807, 2.05) is 12.2 Å². The molecule has 0 aromatic rings. The third kappa shape index (κ3) is 43.8. The highest BCUT2D eigenvalue weighted by Crippen LogP contribution is 2.16. The number of carboxylic acids is 1. The zero-order valence-electron chi connectivity index (χ0n) is 41.2. The molecule has 63 heavy (non-hydrogen) atoms. The molecular formula is C55H95NO7. The van der Waals surface area contributed by atoms with E-state index in [9.17, 15) is 19.5 Å². The van der Waals surface area contributed by atoms with Gasteiger partial charge < -0.3 is 28.6 Å². The lowest BCUT2D eigenvalue weighted by Gasteiger charge is -2.34. The molecule has 2 unspecified atom stereocenters. The molecule has 0 heterocycles. The predicted molar refractivity (Wildman–Crippen MR) is 263 cm³/mol. The molecule has 0 rings (SSSR count). The Morgan fingerprint density at radius 1 is 0.492 bits per heavy atom.